The fraction of sp³-hybridized carbons (Fsp3) is 0.118. The number of hydrogen-bond donors (Lipinski definition) is 2. The largest absolute Gasteiger partial charge is 0.325 e. The number of carbonyl (C=O) groups excluding carboxylic acids is 1. The maximum atomic E-state index is 12.1. The molecule has 1 amide bonds. The third kappa shape index (κ3) is 4.70. The smallest absolute Gasteiger partial charge is 0.234 e. The number of anilines is 1. The highest BCUT2D eigenvalue weighted by Crippen LogP contribution is 2.20. The Bertz CT molecular complexity index is 1020. The number of carbonyl (C=O) groups is 1. The van der Waals surface area contributed by atoms with Crippen molar-refractivity contribution in [3.8, 4) is 11.4 Å². The molecular formula is C17H16N4O3S2. The van der Waals surface area contributed by atoms with Gasteiger partial charge >= 0.3 is 0 Å². The van der Waals surface area contributed by atoms with Gasteiger partial charge in [0.15, 0.2) is 15.7 Å². The van der Waals surface area contributed by atoms with Crippen LogP contribution >= 0.6 is 11.8 Å². The summed E-state index contributed by atoms with van der Waals surface area (Å²) >= 11 is 1.19. The predicted octanol–water partition coefficient (Wildman–Crippen LogP) is 2.61. The van der Waals surface area contributed by atoms with Crippen molar-refractivity contribution in [3.63, 3.8) is 0 Å². The van der Waals surface area contributed by atoms with Gasteiger partial charge in [0.25, 0.3) is 0 Å². The van der Waals surface area contributed by atoms with Crippen molar-refractivity contribution in [2.75, 3.05) is 17.3 Å². The molecule has 0 saturated carbocycles. The lowest BCUT2D eigenvalue weighted by Crippen LogP contribution is -2.14. The summed E-state index contributed by atoms with van der Waals surface area (Å²) in [5, 5.41) is 10.1. The van der Waals surface area contributed by atoms with E-state index >= 15 is 0 Å². The van der Waals surface area contributed by atoms with E-state index in [2.05, 4.69) is 20.5 Å². The van der Waals surface area contributed by atoms with E-state index < -0.39 is 9.84 Å². The van der Waals surface area contributed by atoms with E-state index in [0.717, 1.165) is 11.8 Å². The van der Waals surface area contributed by atoms with E-state index in [9.17, 15) is 13.2 Å². The number of aromatic nitrogens is 3. The van der Waals surface area contributed by atoms with Crippen LogP contribution < -0.4 is 5.32 Å². The van der Waals surface area contributed by atoms with Crippen LogP contribution in [-0.2, 0) is 14.6 Å². The zero-order valence-electron chi connectivity index (χ0n) is 13.8. The average molecular weight is 388 g/mol. The molecule has 0 unspecified atom stereocenters. The van der Waals surface area contributed by atoms with Gasteiger partial charge in [-0.25, -0.2) is 13.4 Å². The summed E-state index contributed by atoms with van der Waals surface area (Å²) in [6.07, 6.45) is 1.12. The number of benzene rings is 2. The van der Waals surface area contributed by atoms with Crippen molar-refractivity contribution in [2.24, 2.45) is 0 Å². The normalized spacial score (nSPS) is 11.3. The number of H-pyrrole nitrogens is 1. The molecule has 0 spiro atoms. The Kier molecular flexibility index (Phi) is 5.38. The van der Waals surface area contributed by atoms with Gasteiger partial charge in [-0.2, -0.15) is 0 Å². The number of rotatable bonds is 6. The summed E-state index contributed by atoms with van der Waals surface area (Å²) < 4.78 is 23.1. The molecule has 7 nitrogen and oxygen atoms in total. The van der Waals surface area contributed by atoms with Crippen molar-refractivity contribution < 1.29 is 13.2 Å². The fourth-order valence-electron chi connectivity index (χ4n) is 2.17. The molecule has 3 aromatic rings. The van der Waals surface area contributed by atoms with E-state index in [-0.39, 0.29) is 16.6 Å². The molecule has 0 aliphatic carbocycles. The third-order valence-electron chi connectivity index (χ3n) is 3.39. The Balaban J connectivity index is 1.59. The second kappa shape index (κ2) is 7.71. The van der Waals surface area contributed by atoms with Gasteiger partial charge in [-0.05, 0) is 18.2 Å². The molecule has 0 aliphatic rings. The van der Waals surface area contributed by atoms with Crippen molar-refractivity contribution in [2.45, 2.75) is 10.1 Å². The lowest BCUT2D eigenvalue weighted by Gasteiger charge is -2.06. The number of hydrogen-bond acceptors (Lipinski definition) is 6. The van der Waals surface area contributed by atoms with Gasteiger partial charge in [-0.3, -0.25) is 9.89 Å². The molecule has 0 fully saturated rings. The standard InChI is InChI=1S/C17H16N4O3S2/c1-26(23,24)14-9-5-8-13(10-14)18-15(22)11-25-17-19-16(20-21-17)12-6-3-2-4-7-12/h2-10H,11H2,1H3,(H,18,22)(H,19,20,21). The second-order valence-electron chi connectivity index (χ2n) is 5.47. The molecule has 1 heterocycles. The van der Waals surface area contributed by atoms with E-state index in [1.807, 2.05) is 30.3 Å². The quantitative estimate of drug-likeness (QED) is 0.629. The molecule has 2 aromatic carbocycles. The van der Waals surface area contributed by atoms with Crippen LogP contribution in [0.3, 0.4) is 0 Å². The molecule has 2 N–H and O–H groups in total. The van der Waals surface area contributed by atoms with Gasteiger partial charge in [0.2, 0.25) is 11.1 Å². The van der Waals surface area contributed by atoms with Crippen LogP contribution in [0.1, 0.15) is 0 Å². The summed E-state index contributed by atoms with van der Waals surface area (Å²) in [6.45, 7) is 0. The maximum absolute atomic E-state index is 12.1. The molecule has 0 radical (unpaired) electrons. The first-order valence-corrected chi connectivity index (χ1v) is 10.5. The zero-order chi connectivity index (χ0) is 18.6. The molecule has 0 bridgehead atoms. The summed E-state index contributed by atoms with van der Waals surface area (Å²) in [5.74, 6) is 0.468. The molecular weight excluding hydrogens is 372 g/mol. The molecule has 3 rings (SSSR count). The summed E-state index contributed by atoms with van der Waals surface area (Å²) in [7, 11) is -3.32. The molecule has 0 aliphatic heterocycles. The van der Waals surface area contributed by atoms with Crippen LogP contribution in [0, 0.1) is 0 Å². The number of nitrogens with one attached hydrogen (secondary N) is 2. The zero-order valence-corrected chi connectivity index (χ0v) is 15.5. The van der Waals surface area contributed by atoms with Gasteiger partial charge in [0.05, 0.1) is 10.6 Å². The van der Waals surface area contributed by atoms with Gasteiger partial charge < -0.3 is 5.32 Å². The van der Waals surface area contributed by atoms with Crippen molar-refractivity contribution in [1.29, 1.82) is 0 Å². The van der Waals surface area contributed by atoms with Crippen LogP contribution in [0.25, 0.3) is 11.4 Å². The highest BCUT2D eigenvalue weighted by atomic mass is 32.2. The van der Waals surface area contributed by atoms with Gasteiger partial charge in [-0.15, -0.1) is 5.10 Å². The minimum atomic E-state index is -3.32. The Morgan fingerprint density at radius 1 is 1.15 bits per heavy atom. The highest BCUT2D eigenvalue weighted by molar-refractivity contribution is 7.99. The van der Waals surface area contributed by atoms with Crippen LogP contribution in [0.5, 0.6) is 0 Å². The third-order valence-corrected chi connectivity index (χ3v) is 5.35. The molecule has 26 heavy (non-hydrogen) atoms. The monoisotopic (exact) mass is 388 g/mol. The molecule has 134 valence electrons. The van der Waals surface area contributed by atoms with E-state index in [4.69, 9.17) is 0 Å². The van der Waals surface area contributed by atoms with Gasteiger partial charge in [0, 0.05) is 17.5 Å². The fourth-order valence-corrected chi connectivity index (χ4v) is 3.43. The van der Waals surface area contributed by atoms with Crippen molar-refractivity contribution >= 4 is 33.2 Å². The Hall–Kier alpha value is -2.65. The minimum absolute atomic E-state index is 0.106. The van der Waals surface area contributed by atoms with E-state index in [1.54, 1.807) is 12.1 Å². The van der Waals surface area contributed by atoms with Crippen molar-refractivity contribution in [1.82, 2.24) is 15.2 Å². The van der Waals surface area contributed by atoms with E-state index in [1.165, 1.54) is 23.9 Å². The Morgan fingerprint density at radius 3 is 2.65 bits per heavy atom. The van der Waals surface area contributed by atoms with Crippen molar-refractivity contribution in [3.05, 3.63) is 54.6 Å². The molecule has 0 atom stereocenters. The predicted molar refractivity (Wildman–Crippen MR) is 101 cm³/mol. The Morgan fingerprint density at radius 2 is 1.92 bits per heavy atom. The van der Waals surface area contributed by atoms with E-state index in [0.29, 0.717) is 16.7 Å². The number of sulfone groups is 1. The average Bonchev–Trinajstić information content (AvgIpc) is 3.09. The highest BCUT2D eigenvalue weighted by Gasteiger charge is 2.11. The van der Waals surface area contributed by atoms with Crippen LogP contribution in [0.4, 0.5) is 5.69 Å². The topological polar surface area (TPSA) is 105 Å². The number of nitrogens with zero attached hydrogens (tertiary/aromatic N) is 2. The second-order valence-corrected chi connectivity index (χ2v) is 8.43. The van der Waals surface area contributed by atoms with Gasteiger partial charge in [-0.1, -0.05) is 48.2 Å². The lowest BCUT2D eigenvalue weighted by molar-refractivity contribution is -0.113. The summed E-state index contributed by atoms with van der Waals surface area (Å²) in [4.78, 5) is 16.6. The molecule has 0 saturated heterocycles. The number of amides is 1. The SMILES string of the molecule is CS(=O)(=O)c1cccc(NC(=O)CSc2n[nH]c(-c3ccccc3)n2)c1. The number of thioether (sulfide) groups is 1. The summed E-state index contributed by atoms with van der Waals surface area (Å²) in [5.41, 5.74) is 1.34. The first kappa shape index (κ1) is 18.2. The van der Waals surface area contributed by atoms with Crippen LogP contribution in [0.2, 0.25) is 0 Å². The lowest BCUT2D eigenvalue weighted by atomic mass is 10.2. The first-order chi connectivity index (χ1) is 12.4. The number of aromatic amines is 1. The van der Waals surface area contributed by atoms with Crippen LogP contribution in [-0.4, -0.2) is 41.5 Å². The Labute approximate surface area is 155 Å². The first-order valence-electron chi connectivity index (χ1n) is 7.62. The van der Waals surface area contributed by atoms with Gasteiger partial charge in [0.1, 0.15) is 0 Å². The minimum Gasteiger partial charge on any atom is -0.325 e. The molecule has 1 aromatic heterocycles. The molecule has 9 heteroatoms. The summed E-state index contributed by atoms with van der Waals surface area (Å²) in [6, 6.07) is 15.7. The maximum Gasteiger partial charge on any atom is 0.234 e. The van der Waals surface area contributed by atoms with Crippen LogP contribution in [0.15, 0.2) is 64.6 Å².